The molecule has 0 saturated carbocycles. The Balaban J connectivity index is 2.66. The molecule has 0 saturated heterocycles. The second kappa shape index (κ2) is 3.69. The molecule has 0 heterocycles. The fourth-order valence-electron chi connectivity index (χ4n) is 0.592. The summed E-state index contributed by atoms with van der Waals surface area (Å²) < 4.78 is 6.77. The maximum atomic E-state index is 6.77. The van der Waals surface area contributed by atoms with Crippen molar-refractivity contribution < 1.29 is 1.37 Å². The molecule has 0 nitrogen and oxygen atoms in total. The van der Waals surface area contributed by atoms with Crippen LogP contribution in [0, 0.1) is 0 Å². The monoisotopic (exact) mass is 171 g/mol. The highest BCUT2D eigenvalue weighted by Gasteiger charge is 1.88. The molecular weight excluding hydrogens is 164 g/mol. The van der Waals surface area contributed by atoms with Crippen LogP contribution in [0.25, 0.3) is 0 Å². The number of benzene rings is 1. The first kappa shape index (κ1) is 6.32. The normalized spacial score (nSPS) is 11.9. The first-order valence-corrected chi connectivity index (χ1v) is 4.04. The molecule has 0 amide bonds. The lowest BCUT2D eigenvalue weighted by Gasteiger charge is -1.93. The van der Waals surface area contributed by atoms with Crippen LogP contribution in [0.1, 0.15) is 1.37 Å². The maximum absolute atomic E-state index is 6.77. The second-order valence-electron chi connectivity index (χ2n) is 1.71. The van der Waals surface area contributed by atoms with Crippen LogP contribution in [-0.2, 0) is 0 Å². The molecule has 10 heavy (non-hydrogen) atoms. The van der Waals surface area contributed by atoms with Crippen LogP contribution in [0.15, 0.2) is 41.1 Å². The van der Waals surface area contributed by atoms with E-state index in [-0.39, 0.29) is 0 Å². The fraction of sp³-hybridized carbons (Fsp3) is 0. The van der Waals surface area contributed by atoms with Crippen LogP contribution >= 0.6 is 23.4 Å². The molecule has 0 aliphatic heterocycles. The van der Waals surface area contributed by atoms with Crippen LogP contribution in [0.5, 0.6) is 0 Å². The van der Waals surface area contributed by atoms with Crippen molar-refractivity contribution in [1.29, 1.82) is 0 Å². The molecule has 2 heteroatoms. The van der Waals surface area contributed by atoms with Gasteiger partial charge in [-0.05, 0) is 29.7 Å². The SMILES string of the molecule is [2H]C=CSc1ccc(Cl)cc1. The highest BCUT2D eigenvalue weighted by atomic mass is 35.5. The lowest BCUT2D eigenvalue weighted by Crippen LogP contribution is -1.65. The van der Waals surface area contributed by atoms with Gasteiger partial charge in [-0.15, -0.1) is 0 Å². The molecule has 0 aromatic heterocycles. The van der Waals surface area contributed by atoms with E-state index in [2.05, 4.69) is 0 Å². The largest absolute Gasteiger partial charge is 0.0987 e. The Kier molecular flexibility index (Phi) is 2.33. The average Bonchev–Trinajstić information content (AvgIpc) is 2.04. The van der Waals surface area contributed by atoms with E-state index in [4.69, 9.17) is 13.0 Å². The Labute approximate surface area is 71.3 Å². The van der Waals surface area contributed by atoms with Gasteiger partial charge in [-0.1, -0.05) is 29.9 Å². The van der Waals surface area contributed by atoms with E-state index < -0.39 is 0 Å². The molecule has 0 atom stereocenters. The highest BCUT2D eigenvalue weighted by molar-refractivity contribution is 8.02. The number of hydrogen-bond acceptors (Lipinski definition) is 1. The van der Waals surface area contributed by atoms with Gasteiger partial charge in [0.05, 0.1) is 1.37 Å². The third kappa shape index (κ3) is 2.09. The molecule has 0 radical (unpaired) electrons. The van der Waals surface area contributed by atoms with Gasteiger partial charge in [-0.3, -0.25) is 0 Å². The molecule has 0 fully saturated rings. The topological polar surface area (TPSA) is 0 Å². The van der Waals surface area contributed by atoms with E-state index in [0.29, 0.717) is 0 Å². The molecule has 1 rings (SSSR count). The third-order valence-corrected chi connectivity index (χ3v) is 1.95. The van der Waals surface area contributed by atoms with Gasteiger partial charge < -0.3 is 0 Å². The van der Waals surface area contributed by atoms with Gasteiger partial charge in [-0.2, -0.15) is 0 Å². The molecule has 0 aliphatic rings. The number of rotatable bonds is 2. The molecule has 0 spiro atoms. The minimum absolute atomic E-state index is 0.740. The summed E-state index contributed by atoms with van der Waals surface area (Å²) in [5.74, 6) is 0. The molecule has 1 aromatic carbocycles. The lowest BCUT2D eigenvalue weighted by atomic mass is 10.4. The molecule has 0 N–H and O–H groups in total. The van der Waals surface area contributed by atoms with Crippen LogP contribution < -0.4 is 0 Å². The second-order valence-corrected chi connectivity index (χ2v) is 3.12. The summed E-state index contributed by atoms with van der Waals surface area (Å²) in [5, 5.41) is 2.45. The maximum Gasteiger partial charge on any atom is 0.0543 e. The first-order chi connectivity index (χ1) is 5.33. The van der Waals surface area contributed by atoms with E-state index in [0.717, 1.165) is 9.92 Å². The Morgan fingerprint density at radius 2 is 2.20 bits per heavy atom. The van der Waals surface area contributed by atoms with Crippen molar-refractivity contribution in [3.05, 3.63) is 41.3 Å². The summed E-state index contributed by atoms with van der Waals surface area (Å²) in [6.45, 7) is 1.26. The molecule has 0 aliphatic carbocycles. The van der Waals surface area contributed by atoms with Crippen molar-refractivity contribution in [3.8, 4) is 0 Å². The molecule has 1 aromatic rings. The number of hydrogen-bond donors (Lipinski definition) is 0. The van der Waals surface area contributed by atoms with Crippen molar-refractivity contribution in [3.63, 3.8) is 0 Å². The minimum Gasteiger partial charge on any atom is -0.0987 e. The summed E-state index contributed by atoms with van der Waals surface area (Å²) in [5.41, 5.74) is 0. The van der Waals surface area contributed by atoms with Gasteiger partial charge in [0.25, 0.3) is 0 Å². The highest BCUT2D eigenvalue weighted by Crippen LogP contribution is 2.20. The predicted molar refractivity (Wildman–Crippen MR) is 47.5 cm³/mol. The Hall–Kier alpha value is -0.400. The zero-order valence-electron chi connectivity index (χ0n) is 6.25. The van der Waals surface area contributed by atoms with E-state index in [1.54, 1.807) is 5.41 Å². The number of halogens is 1. The van der Waals surface area contributed by atoms with E-state index in [9.17, 15) is 0 Å². The smallest absolute Gasteiger partial charge is 0.0543 e. The van der Waals surface area contributed by atoms with Gasteiger partial charge in [0.1, 0.15) is 0 Å². The van der Waals surface area contributed by atoms with Gasteiger partial charge >= 0.3 is 0 Å². The quantitative estimate of drug-likeness (QED) is 0.613. The fourth-order valence-corrected chi connectivity index (χ4v) is 1.17. The van der Waals surface area contributed by atoms with E-state index >= 15 is 0 Å². The minimum atomic E-state index is 0.740. The number of thioether (sulfide) groups is 1. The Morgan fingerprint density at radius 1 is 1.50 bits per heavy atom. The van der Waals surface area contributed by atoms with Gasteiger partial charge in [0.15, 0.2) is 0 Å². The zero-order valence-corrected chi connectivity index (χ0v) is 6.82. The van der Waals surface area contributed by atoms with Crippen LogP contribution in [-0.4, -0.2) is 0 Å². The third-order valence-electron chi connectivity index (χ3n) is 1.02. The van der Waals surface area contributed by atoms with E-state index in [1.807, 2.05) is 24.3 Å². The summed E-state index contributed by atoms with van der Waals surface area (Å²) >= 11 is 7.18. The first-order valence-electron chi connectivity index (χ1n) is 3.36. The molecule has 52 valence electrons. The van der Waals surface area contributed by atoms with Gasteiger partial charge in [0, 0.05) is 9.92 Å². The van der Waals surface area contributed by atoms with Crippen molar-refractivity contribution in [2.75, 3.05) is 0 Å². The van der Waals surface area contributed by atoms with Crippen molar-refractivity contribution in [1.82, 2.24) is 0 Å². The zero-order chi connectivity index (χ0) is 8.10. The van der Waals surface area contributed by atoms with Gasteiger partial charge in [0.2, 0.25) is 0 Å². The van der Waals surface area contributed by atoms with Crippen LogP contribution in [0.3, 0.4) is 0 Å². The van der Waals surface area contributed by atoms with Crippen LogP contribution in [0.4, 0.5) is 0 Å². The van der Waals surface area contributed by atoms with E-state index in [1.165, 1.54) is 18.3 Å². The standard InChI is InChI=1S/C8H7ClS/c1-2-10-8-5-3-7(9)4-6-8/h2-6H,1H2/i1D. The molecule has 0 bridgehead atoms. The predicted octanol–water partition coefficient (Wildman–Crippen LogP) is 3.58. The van der Waals surface area contributed by atoms with Crippen molar-refractivity contribution >= 4 is 23.4 Å². The summed E-state index contributed by atoms with van der Waals surface area (Å²) in [4.78, 5) is 1.10. The average molecular weight is 172 g/mol. The molecular formula is C8H7ClS. The Bertz CT molecular complexity index is 243. The molecule has 0 unspecified atom stereocenters. The van der Waals surface area contributed by atoms with Gasteiger partial charge in [-0.25, -0.2) is 0 Å². The Morgan fingerprint density at radius 3 is 2.80 bits per heavy atom. The van der Waals surface area contributed by atoms with Crippen LogP contribution in [0.2, 0.25) is 5.02 Å². The summed E-state index contributed by atoms with van der Waals surface area (Å²) in [6, 6.07) is 7.52. The van der Waals surface area contributed by atoms with Crippen molar-refractivity contribution in [2.45, 2.75) is 4.90 Å². The summed E-state index contributed by atoms with van der Waals surface area (Å²) in [7, 11) is 0. The lowest BCUT2D eigenvalue weighted by molar-refractivity contribution is 1.47. The van der Waals surface area contributed by atoms with Crippen molar-refractivity contribution in [2.24, 2.45) is 0 Å². The summed E-state index contributed by atoms with van der Waals surface area (Å²) in [6.07, 6.45) is 0.